The van der Waals surface area contributed by atoms with Gasteiger partial charge in [-0.05, 0) is 38.1 Å². The SMILES string of the molecule is CCN(Cc1nc(-c2cccc(C)c2)no1)C(=O)c1cccc(F)c1. The normalized spacial score (nSPS) is 10.7. The summed E-state index contributed by atoms with van der Waals surface area (Å²) in [5.74, 6) is 0.0924. The van der Waals surface area contributed by atoms with E-state index in [9.17, 15) is 9.18 Å². The van der Waals surface area contributed by atoms with Gasteiger partial charge in [0, 0.05) is 17.7 Å². The van der Waals surface area contributed by atoms with Crippen LogP contribution in [0.3, 0.4) is 0 Å². The molecule has 0 bridgehead atoms. The van der Waals surface area contributed by atoms with Crippen molar-refractivity contribution in [3.05, 3.63) is 71.4 Å². The van der Waals surface area contributed by atoms with Gasteiger partial charge in [-0.3, -0.25) is 4.79 Å². The molecule has 0 spiro atoms. The molecule has 25 heavy (non-hydrogen) atoms. The molecule has 0 aliphatic carbocycles. The van der Waals surface area contributed by atoms with Crippen molar-refractivity contribution in [2.75, 3.05) is 6.54 Å². The zero-order chi connectivity index (χ0) is 17.8. The first-order valence-electron chi connectivity index (χ1n) is 8.01. The molecule has 0 aliphatic heterocycles. The lowest BCUT2D eigenvalue weighted by Gasteiger charge is -2.18. The van der Waals surface area contributed by atoms with Crippen LogP contribution in [0, 0.1) is 12.7 Å². The summed E-state index contributed by atoms with van der Waals surface area (Å²) in [6.45, 7) is 4.44. The number of aromatic nitrogens is 2. The van der Waals surface area contributed by atoms with Gasteiger partial charge in [-0.2, -0.15) is 4.98 Å². The average molecular weight is 339 g/mol. The van der Waals surface area contributed by atoms with Crippen LogP contribution in [-0.2, 0) is 6.54 Å². The summed E-state index contributed by atoms with van der Waals surface area (Å²) in [6, 6.07) is 13.4. The van der Waals surface area contributed by atoms with Crippen molar-refractivity contribution in [2.24, 2.45) is 0 Å². The smallest absolute Gasteiger partial charge is 0.254 e. The zero-order valence-corrected chi connectivity index (χ0v) is 14.1. The number of amides is 1. The fourth-order valence-corrected chi connectivity index (χ4v) is 2.52. The Morgan fingerprint density at radius 1 is 1.20 bits per heavy atom. The van der Waals surface area contributed by atoms with Crippen molar-refractivity contribution in [1.29, 1.82) is 0 Å². The van der Waals surface area contributed by atoms with Gasteiger partial charge in [-0.25, -0.2) is 4.39 Å². The molecule has 0 saturated carbocycles. The Hall–Kier alpha value is -3.02. The summed E-state index contributed by atoms with van der Waals surface area (Å²) in [6.07, 6.45) is 0. The molecular weight excluding hydrogens is 321 g/mol. The Balaban J connectivity index is 1.77. The Morgan fingerprint density at radius 3 is 2.72 bits per heavy atom. The van der Waals surface area contributed by atoms with Crippen LogP contribution in [0.15, 0.2) is 53.1 Å². The molecule has 128 valence electrons. The van der Waals surface area contributed by atoms with Gasteiger partial charge < -0.3 is 9.42 Å². The molecule has 0 N–H and O–H groups in total. The first-order chi connectivity index (χ1) is 12.1. The molecule has 0 saturated heterocycles. The second kappa shape index (κ2) is 7.25. The van der Waals surface area contributed by atoms with E-state index in [1.807, 2.05) is 38.1 Å². The first kappa shape index (κ1) is 16.8. The van der Waals surface area contributed by atoms with E-state index in [4.69, 9.17) is 4.52 Å². The van der Waals surface area contributed by atoms with E-state index in [2.05, 4.69) is 10.1 Å². The Labute approximate surface area is 145 Å². The monoisotopic (exact) mass is 339 g/mol. The number of nitrogens with zero attached hydrogens (tertiary/aromatic N) is 3. The molecule has 3 rings (SSSR count). The summed E-state index contributed by atoms with van der Waals surface area (Å²) in [4.78, 5) is 18.4. The minimum absolute atomic E-state index is 0.171. The van der Waals surface area contributed by atoms with Gasteiger partial charge in [-0.15, -0.1) is 0 Å². The predicted molar refractivity (Wildman–Crippen MR) is 91.3 cm³/mol. The molecule has 0 unspecified atom stereocenters. The molecule has 5 nitrogen and oxygen atoms in total. The summed E-state index contributed by atoms with van der Waals surface area (Å²) >= 11 is 0. The molecule has 6 heteroatoms. The fourth-order valence-electron chi connectivity index (χ4n) is 2.52. The van der Waals surface area contributed by atoms with E-state index in [1.54, 1.807) is 6.07 Å². The van der Waals surface area contributed by atoms with Gasteiger partial charge in [0.05, 0.1) is 0 Å². The molecule has 0 aliphatic rings. The van der Waals surface area contributed by atoms with Crippen LogP contribution in [0.5, 0.6) is 0 Å². The number of rotatable bonds is 5. The predicted octanol–water partition coefficient (Wildman–Crippen LogP) is 3.85. The number of hydrogen-bond donors (Lipinski definition) is 0. The van der Waals surface area contributed by atoms with E-state index in [0.717, 1.165) is 11.1 Å². The molecule has 1 heterocycles. The number of hydrogen-bond acceptors (Lipinski definition) is 4. The lowest BCUT2D eigenvalue weighted by molar-refractivity contribution is 0.0734. The highest BCUT2D eigenvalue weighted by molar-refractivity contribution is 5.94. The van der Waals surface area contributed by atoms with Gasteiger partial charge >= 0.3 is 0 Å². The number of carbonyl (C=O) groups excluding carboxylic acids is 1. The Bertz CT molecular complexity index is 892. The Morgan fingerprint density at radius 2 is 2.00 bits per heavy atom. The van der Waals surface area contributed by atoms with Crippen LogP contribution in [0.2, 0.25) is 0 Å². The summed E-state index contributed by atoms with van der Waals surface area (Å²) in [7, 11) is 0. The second-order valence-electron chi connectivity index (χ2n) is 5.71. The minimum atomic E-state index is -0.443. The molecule has 0 atom stereocenters. The van der Waals surface area contributed by atoms with Crippen LogP contribution in [0.4, 0.5) is 4.39 Å². The van der Waals surface area contributed by atoms with E-state index in [1.165, 1.54) is 23.1 Å². The number of benzene rings is 2. The van der Waals surface area contributed by atoms with E-state index in [0.29, 0.717) is 23.8 Å². The third-order valence-electron chi connectivity index (χ3n) is 3.81. The molecule has 1 amide bonds. The van der Waals surface area contributed by atoms with Crippen LogP contribution >= 0.6 is 0 Å². The third kappa shape index (κ3) is 3.91. The maximum atomic E-state index is 13.3. The van der Waals surface area contributed by atoms with E-state index < -0.39 is 5.82 Å². The van der Waals surface area contributed by atoms with E-state index >= 15 is 0 Å². The van der Waals surface area contributed by atoms with Crippen LogP contribution in [0.1, 0.15) is 28.7 Å². The highest BCUT2D eigenvalue weighted by atomic mass is 19.1. The average Bonchev–Trinajstić information content (AvgIpc) is 3.08. The highest BCUT2D eigenvalue weighted by Gasteiger charge is 2.18. The highest BCUT2D eigenvalue weighted by Crippen LogP contribution is 2.18. The summed E-state index contributed by atoms with van der Waals surface area (Å²) in [5.41, 5.74) is 2.25. The van der Waals surface area contributed by atoms with Crippen molar-refractivity contribution in [2.45, 2.75) is 20.4 Å². The fraction of sp³-hybridized carbons (Fsp3) is 0.211. The van der Waals surface area contributed by atoms with Crippen molar-refractivity contribution < 1.29 is 13.7 Å². The van der Waals surface area contributed by atoms with Gasteiger partial charge in [-0.1, -0.05) is 35.0 Å². The van der Waals surface area contributed by atoms with Crippen molar-refractivity contribution in [3.63, 3.8) is 0 Å². The maximum absolute atomic E-state index is 13.3. The summed E-state index contributed by atoms with van der Waals surface area (Å²) < 4.78 is 18.6. The Kier molecular flexibility index (Phi) is 4.88. The molecule has 2 aromatic carbocycles. The standard InChI is InChI=1S/C19H18FN3O2/c1-3-23(19(24)15-8-5-9-16(20)11-15)12-17-21-18(22-25-17)14-7-4-6-13(2)10-14/h4-11H,3,12H2,1-2H3. The maximum Gasteiger partial charge on any atom is 0.254 e. The zero-order valence-electron chi connectivity index (χ0n) is 14.1. The molecule has 0 radical (unpaired) electrons. The number of carbonyl (C=O) groups is 1. The lowest BCUT2D eigenvalue weighted by atomic mass is 10.1. The molecule has 0 fully saturated rings. The van der Waals surface area contributed by atoms with Gasteiger partial charge in [0.25, 0.3) is 5.91 Å². The second-order valence-corrected chi connectivity index (χ2v) is 5.71. The van der Waals surface area contributed by atoms with Crippen molar-refractivity contribution in [1.82, 2.24) is 15.0 Å². The van der Waals surface area contributed by atoms with Crippen LogP contribution < -0.4 is 0 Å². The van der Waals surface area contributed by atoms with Gasteiger partial charge in [0.15, 0.2) is 0 Å². The quantitative estimate of drug-likeness (QED) is 0.708. The van der Waals surface area contributed by atoms with Crippen LogP contribution in [0.25, 0.3) is 11.4 Å². The first-order valence-corrected chi connectivity index (χ1v) is 8.01. The lowest BCUT2D eigenvalue weighted by Crippen LogP contribution is -2.30. The third-order valence-corrected chi connectivity index (χ3v) is 3.81. The van der Waals surface area contributed by atoms with Gasteiger partial charge in [0.1, 0.15) is 12.4 Å². The molecule has 3 aromatic rings. The minimum Gasteiger partial charge on any atom is -0.337 e. The number of halogens is 1. The number of aryl methyl sites for hydroxylation is 1. The largest absolute Gasteiger partial charge is 0.337 e. The van der Waals surface area contributed by atoms with Crippen molar-refractivity contribution in [3.8, 4) is 11.4 Å². The molecule has 1 aromatic heterocycles. The van der Waals surface area contributed by atoms with Gasteiger partial charge in [0.2, 0.25) is 11.7 Å². The van der Waals surface area contributed by atoms with E-state index in [-0.39, 0.29) is 12.5 Å². The summed E-state index contributed by atoms with van der Waals surface area (Å²) in [5, 5.41) is 3.98. The van der Waals surface area contributed by atoms with Crippen molar-refractivity contribution >= 4 is 5.91 Å². The molecular formula is C19H18FN3O2. The topological polar surface area (TPSA) is 59.2 Å². The van der Waals surface area contributed by atoms with Crippen LogP contribution in [-0.4, -0.2) is 27.5 Å².